The first kappa shape index (κ1) is 6.60. The lowest BCUT2D eigenvalue weighted by Crippen LogP contribution is -1.66. The van der Waals surface area contributed by atoms with Gasteiger partial charge in [-0.2, -0.15) is 0 Å². The average Bonchev–Trinajstić information content (AvgIpc) is 1.87. The summed E-state index contributed by atoms with van der Waals surface area (Å²) in [4.78, 5) is 0. The van der Waals surface area contributed by atoms with Crippen LogP contribution in [0.4, 0.5) is 0 Å². The molecule has 52 valence electrons. The molecule has 0 heteroatoms. The van der Waals surface area contributed by atoms with E-state index >= 15 is 0 Å². The molecule has 0 aliphatic heterocycles. The van der Waals surface area contributed by atoms with Crippen molar-refractivity contribution in [2.24, 2.45) is 0 Å². The summed E-state index contributed by atoms with van der Waals surface area (Å²) in [5, 5.41) is 0. The molecule has 0 aliphatic carbocycles. The van der Waals surface area contributed by atoms with Gasteiger partial charge in [0.25, 0.3) is 0 Å². The largest absolute Gasteiger partial charge is 0.0848 e. The predicted molar refractivity (Wildman–Crippen MR) is 43.5 cm³/mol. The van der Waals surface area contributed by atoms with E-state index in [4.69, 9.17) is 1.37 Å². The Hall–Kier alpha value is -0.520. The minimum Gasteiger partial charge on any atom is -0.0848 e. The third-order valence-corrected chi connectivity index (χ3v) is 1.24. The maximum atomic E-state index is 7.16. The summed E-state index contributed by atoms with van der Waals surface area (Å²) in [5.74, 6) is 0. The van der Waals surface area contributed by atoms with Crippen LogP contribution in [0.3, 0.4) is 0 Å². The Kier molecular flexibility index (Phi) is 4.12. The molecule has 0 unspecified atom stereocenters. The standard InChI is InChI=1S/C9H16/c1-4-6-7-8-9(3)5-2/h6-8H,4-5H2,1-3H3/b7-6-,9-8+/i4D/t4-/m1/s1. The van der Waals surface area contributed by atoms with Crippen molar-refractivity contribution >= 4 is 0 Å². The van der Waals surface area contributed by atoms with Crippen LogP contribution in [-0.4, -0.2) is 0 Å². The monoisotopic (exact) mass is 125 g/mol. The smallest absolute Gasteiger partial charge is 0.0307 e. The summed E-state index contributed by atoms with van der Waals surface area (Å²) in [6.07, 6.45) is 6.90. The van der Waals surface area contributed by atoms with Crippen molar-refractivity contribution < 1.29 is 1.37 Å². The van der Waals surface area contributed by atoms with Gasteiger partial charge in [-0.1, -0.05) is 37.6 Å². The number of rotatable bonds is 3. The predicted octanol–water partition coefficient (Wildman–Crippen LogP) is 3.31. The van der Waals surface area contributed by atoms with E-state index in [1.807, 2.05) is 19.1 Å². The Balaban J connectivity index is 3.70. The molecule has 0 spiro atoms. The van der Waals surface area contributed by atoms with Crippen LogP contribution in [0.2, 0.25) is 0 Å². The molecule has 1 atom stereocenters. The van der Waals surface area contributed by atoms with Crippen molar-refractivity contribution in [3.05, 3.63) is 23.8 Å². The Labute approximate surface area is 59.7 Å². The van der Waals surface area contributed by atoms with Gasteiger partial charge in [0.1, 0.15) is 0 Å². The molecule has 0 fully saturated rings. The minimum absolute atomic E-state index is 0.0825. The van der Waals surface area contributed by atoms with E-state index in [9.17, 15) is 0 Å². The van der Waals surface area contributed by atoms with Gasteiger partial charge in [-0.15, -0.1) is 0 Å². The molecule has 0 aromatic carbocycles. The van der Waals surface area contributed by atoms with Crippen molar-refractivity contribution in [3.63, 3.8) is 0 Å². The van der Waals surface area contributed by atoms with Crippen LogP contribution in [0.25, 0.3) is 0 Å². The fourth-order valence-corrected chi connectivity index (χ4v) is 0.449. The molecule has 0 aromatic rings. The van der Waals surface area contributed by atoms with Crippen molar-refractivity contribution in [1.29, 1.82) is 0 Å². The number of hydrogen-bond donors (Lipinski definition) is 0. The average molecular weight is 125 g/mol. The summed E-state index contributed by atoms with van der Waals surface area (Å²) < 4.78 is 7.16. The molecular weight excluding hydrogens is 108 g/mol. The van der Waals surface area contributed by atoms with Crippen LogP contribution < -0.4 is 0 Å². The van der Waals surface area contributed by atoms with Gasteiger partial charge in [0.15, 0.2) is 0 Å². The molecule has 9 heavy (non-hydrogen) atoms. The Bertz CT molecular complexity index is 132. The van der Waals surface area contributed by atoms with Crippen LogP contribution in [0, 0.1) is 0 Å². The van der Waals surface area contributed by atoms with Gasteiger partial charge < -0.3 is 0 Å². The zero-order valence-electron chi connectivity index (χ0n) is 7.52. The van der Waals surface area contributed by atoms with Crippen LogP contribution in [-0.2, 0) is 0 Å². The first-order chi connectivity index (χ1) is 4.66. The molecule has 0 aromatic heterocycles. The second-order valence-corrected chi connectivity index (χ2v) is 2.08. The summed E-state index contributed by atoms with van der Waals surface area (Å²) >= 11 is 0. The van der Waals surface area contributed by atoms with Gasteiger partial charge >= 0.3 is 0 Å². The van der Waals surface area contributed by atoms with Crippen molar-refractivity contribution in [1.82, 2.24) is 0 Å². The normalized spacial score (nSPS) is 18.1. The highest BCUT2D eigenvalue weighted by atomic mass is 13.8. The number of hydrogen-bond acceptors (Lipinski definition) is 0. The van der Waals surface area contributed by atoms with Crippen LogP contribution in [0.1, 0.15) is 35.0 Å². The quantitative estimate of drug-likeness (QED) is 0.508. The van der Waals surface area contributed by atoms with E-state index in [1.165, 1.54) is 5.57 Å². The second-order valence-electron chi connectivity index (χ2n) is 2.08. The van der Waals surface area contributed by atoms with E-state index in [-0.39, 0.29) is 6.40 Å². The van der Waals surface area contributed by atoms with Gasteiger partial charge in [0, 0.05) is 1.37 Å². The van der Waals surface area contributed by atoms with Gasteiger partial charge in [0.05, 0.1) is 0 Å². The molecule has 0 N–H and O–H groups in total. The van der Waals surface area contributed by atoms with Crippen molar-refractivity contribution in [3.8, 4) is 0 Å². The molecule has 0 saturated carbocycles. The molecule has 0 aliphatic rings. The van der Waals surface area contributed by atoms with E-state index < -0.39 is 0 Å². The highest BCUT2D eigenvalue weighted by Crippen LogP contribution is 1.97. The third kappa shape index (κ3) is 5.35. The first-order valence-electron chi connectivity index (χ1n) is 4.00. The van der Waals surface area contributed by atoms with E-state index in [0.29, 0.717) is 0 Å². The molecule has 0 radical (unpaired) electrons. The maximum absolute atomic E-state index is 7.16. The fourth-order valence-electron chi connectivity index (χ4n) is 0.449. The second kappa shape index (κ2) is 5.61. The lowest BCUT2D eigenvalue weighted by molar-refractivity contribution is 1.10. The molecule has 0 rings (SSSR count). The topological polar surface area (TPSA) is 0 Å². The number of allylic oxidation sites excluding steroid dienone is 4. The summed E-state index contributed by atoms with van der Waals surface area (Å²) in [5.41, 5.74) is 1.36. The SMILES string of the molecule is [2H][C@H](C)/C=C\C=C(/C)CC. The van der Waals surface area contributed by atoms with Gasteiger partial charge in [-0.3, -0.25) is 0 Å². The van der Waals surface area contributed by atoms with Gasteiger partial charge in [-0.05, 0) is 19.7 Å². The van der Waals surface area contributed by atoms with Crippen molar-refractivity contribution in [2.75, 3.05) is 0 Å². The Morgan fingerprint density at radius 1 is 1.56 bits per heavy atom. The molecule has 0 nitrogen and oxygen atoms in total. The Morgan fingerprint density at radius 2 is 2.22 bits per heavy atom. The Morgan fingerprint density at radius 3 is 2.67 bits per heavy atom. The molecule has 0 bridgehead atoms. The maximum Gasteiger partial charge on any atom is 0.0307 e. The lowest BCUT2D eigenvalue weighted by Gasteiger charge is -1.87. The van der Waals surface area contributed by atoms with E-state index in [1.54, 1.807) is 0 Å². The fraction of sp³-hybridized carbons (Fsp3) is 0.556. The summed E-state index contributed by atoms with van der Waals surface area (Å²) in [6.45, 7) is 6.08. The molecule has 0 amide bonds. The minimum atomic E-state index is -0.0825. The summed E-state index contributed by atoms with van der Waals surface area (Å²) in [7, 11) is 0. The van der Waals surface area contributed by atoms with E-state index in [2.05, 4.69) is 19.9 Å². The lowest BCUT2D eigenvalue weighted by atomic mass is 10.2. The van der Waals surface area contributed by atoms with Gasteiger partial charge in [-0.25, -0.2) is 0 Å². The van der Waals surface area contributed by atoms with E-state index in [0.717, 1.165) is 6.42 Å². The zero-order valence-corrected chi connectivity index (χ0v) is 6.52. The molecule has 0 heterocycles. The van der Waals surface area contributed by atoms with Crippen molar-refractivity contribution in [2.45, 2.75) is 33.6 Å². The van der Waals surface area contributed by atoms with Crippen LogP contribution >= 0.6 is 0 Å². The van der Waals surface area contributed by atoms with Crippen LogP contribution in [0.15, 0.2) is 23.8 Å². The molecular formula is C9H16. The third-order valence-electron chi connectivity index (χ3n) is 1.24. The highest BCUT2D eigenvalue weighted by Gasteiger charge is 1.76. The first-order valence-corrected chi connectivity index (χ1v) is 3.43. The summed E-state index contributed by atoms with van der Waals surface area (Å²) in [6, 6.07) is 0. The highest BCUT2D eigenvalue weighted by molar-refractivity contribution is 5.09. The van der Waals surface area contributed by atoms with Gasteiger partial charge in [0.2, 0.25) is 0 Å². The van der Waals surface area contributed by atoms with Crippen LogP contribution in [0.5, 0.6) is 0 Å². The zero-order chi connectivity index (χ0) is 7.98. The molecule has 0 saturated heterocycles.